The molecule has 5 aromatic rings. The van der Waals surface area contributed by atoms with E-state index in [0.29, 0.717) is 0 Å². The number of aliphatic hydroxyl groups is 3. The van der Waals surface area contributed by atoms with E-state index in [2.05, 4.69) is 0 Å². The van der Waals surface area contributed by atoms with Gasteiger partial charge >= 0.3 is 0 Å². The van der Waals surface area contributed by atoms with E-state index in [1.165, 1.54) is 58.3 Å². The van der Waals surface area contributed by atoms with E-state index in [1.807, 2.05) is 0 Å². The SMILES string of the molecule is O=C1C(=C2C(O)=CC(N(c3ccc(S(=O)(=O)O)cc3)c3ccc(S(=O)(=O)O)cc3)C=C2O)C(O)=C1c1c(O)cc(N(c2ccc(S(=O)(=O)O)cc2)c2ccc(S(=O)(=O)O)cc2)cc1O. The first-order chi connectivity index (χ1) is 29.8. The minimum atomic E-state index is -4.64. The van der Waals surface area contributed by atoms with Crippen LogP contribution in [0.25, 0.3) is 5.57 Å². The van der Waals surface area contributed by atoms with Gasteiger partial charge in [0.25, 0.3) is 40.5 Å². The third-order valence-electron chi connectivity index (χ3n) is 9.85. The zero-order chi connectivity index (χ0) is 46.8. The number of Topliss-reactive ketones (excluding diaryl/α,β-unsaturated/α-hetero) is 1. The summed E-state index contributed by atoms with van der Waals surface area (Å²) in [6, 6.07) is 18.9. The second-order valence-electron chi connectivity index (χ2n) is 13.8. The average Bonchev–Trinajstić information content (AvgIpc) is 3.20. The highest BCUT2D eigenvalue weighted by molar-refractivity contribution is 7.86. The van der Waals surface area contributed by atoms with Crippen molar-refractivity contribution in [2.24, 2.45) is 0 Å². The molecule has 0 saturated carbocycles. The Hall–Kier alpha value is -7.03. The molecule has 0 radical (unpaired) electrons. The van der Waals surface area contributed by atoms with Crippen LogP contribution in [-0.4, -0.2) is 89.2 Å². The summed E-state index contributed by atoms with van der Waals surface area (Å²) >= 11 is 0. The standard InChI is InChI=1S/C40H30N2O18S4/c43-31-17-25(41(21-1-9-27(10-2-21)61(49,50)51)22-3-11-28(12-4-22)62(52,53)54)18-32(44)35(31)37-39(47)38(40(37)48)36-33(45)19-26(20-34(36)46)42(23-5-13-29(14-6-23)63(55,56)57)24-7-15-30(16-8-24)64(58,59)60/h1-20,25,43-47H,(H,49,50,51)(H,52,53,54)(H,55,56,57)(H,58,59,60). The van der Waals surface area contributed by atoms with Crippen molar-refractivity contribution in [3.63, 3.8) is 0 Å². The van der Waals surface area contributed by atoms with E-state index in [0.717, 1.165) is 72.8 Å². The first kappa shape index (κ1) is 45.0. The second-order valence-corrected chi connectivity index (χ2v) is 19.5. The van der Waals surface area contributed by atoms with E-state index >= 15 is 0 Å². The molecular weight excluding hydrogens is 925 g/mol. The fourth-order valence-electron chi connectivity index (χ4n) is 6.96. The molecule has 2 aliphatic carbocycles. The Labute approximate surface area is 363 Å². The molecule has 9 N–H and O–H groups in total. The quantitative estimate of drug-likeness (QED) is 0.0557. The molecule has 64 heavy (non-hydrogen) atoms. The fourth-order valence-corrected chi connectivity index (χ4v) is 8.88. The van der Waals surface area contributed by atoms with Gasteiger partial charge in [0, 0.05) is 34.9 Å². The van der Waals surface area contributed by atoms with E-state index in [1.54, 1.807) is 0 Å². The lowest BCUT2D eigenvalue weighted by atomic mass is 9.78. The largest absolute Gasteiger partial charge is 0.507 e. The van der Waals surface area contributed by atoms with Gasteiger partial charge in [-0.05, 0) is 109 Å². The summed E-state index contributed by atoms with van der Waals surface area (Å²) in [6.07, 6.45) is 2.19. The highest BCUT2D eigenvalue weighted by Gasteiger charge is 2.43. The van der Waals surface area contributed by atoms with Crippen molar-refractivity contribution in [3.8, 4) is 11.5 Å². The summed E-state index contributed by atoms with van der Waals surface area (Å²) < 4.78 is 132. The van der Waals surface area contributed by atoms with Gasteiger partial charge in [-0.3, -0.25) is 23.0 Å². The molecule has 0 heterocycles. The Balaban J connectivity index is 1.28. The van der Waals surface area contributed by atoms with Crippen LogP contribution in [0.15, 0.2) is 169 Å². The monoisotopic (exact) mass is 954 g/mol. The van der Waals surface area contributed by atoms with E-state index in [-0.39, 0.29) is 28.4 Å². The summed E-state index contributed by atoms with van der Waals surface area (Å²) in [7, 11) is -18.5. The Morgan fingerprint density at radius 1 is 0.406 bits per heavy atom. The number of phenols is 2. The van der Waals surface area contributed by atoms with Crippen LogP contribution in [0, 0.1) is 0 Å². The van der Waals surface area contributed by atoms with Crippen LogP contribution in [0.1, 0.15) is 5.56 Å². The number of phenolic OH excluding ortho intramolecular Hbond substituents is 2. The van der Waals surface area contributed by atoms with Crippen molar-refractivity contribution in [2.45, 2.75) is 25.6 Å². The molecule has 24 heteroatoms. The lowest BCUT2D eigenvalue weighted by molar-refractivity contribution is -0.111. The Morgan fingerprint density at radius 3 is 1.02 bits per heavy atom. The maximum Gasteiger partial charge on any atom is 0.294 e. The molecule has 7 rings (SSSR count). The lowest BCUT2D eigenvalue weighted by Gasteiger charge is -2.33. The number of aromatic hydroxyl groups is 2. The molecule has 20 nitrogen and oxygen atoms in total. The van der Waals surface area contributed by atoms with Gasteiger partial charge in [-0.1, -0.05) is 0 Å². The van der Waals surface area contributed by atoms with Gasteiger partial charge in [0.05, 0.1) is 53.6 Å². The van der Waals surface area contributed by atoms with Crippen molar-refractivity contribution in [2.75, 3.05) is 9.80 Å². The van der Waals surface area contributed by atoms with Crippen LogP contribution in [0.4, 0.5) is 28.4 Å². The Bertz CT molecular complexity index is 3170. The first-order valence-electron chi connectivity index (χ1n) is 17.8. The summed E-state index contributed by atoms with van der Waals surface area (Å²) in [5.41, 5.74) is -2.04. The van der Waals surface area contributed by atoms with Gasteiger partial charge in [-0.25, -0.2) is 0 Å². The number of hydrogen-bond acceptors (Lipinski definition) is 16. The molecule has 0 atom stereocenters. The Morgan fingerprint density at radius 2 is 0.719 bits per heavy atom. The Kier molecular flexibility index (Phi) is 11.2. The van der Waals surface area contributed by atoms with Crippen LogP contribution < -0.4 is 9.80 Å². The summed E-state index contributed by atoms with van der Waals surface area (Å²) in [5.74, 6) is -5.18. The zero-order valence-corrected chi connectivity index (χ0v) is 35.1. The molecule has 2 aliphatic rings. The third-order valence-corrected chi connectivity index (χ3v) is 13.3. The van der Waals surface area contributed by atoms with Crippen LogP contribution in [0.2, 0.25) is 0 Å². The summed E-state index contributed by atoms with van der Waals surface area (Å²) in [6.45, 7) is 0. The summed E-state index contributed by atoms with van der Waals surface area (Å²) in [5, 5.41) is 56.4. The first-order valence-corrected chi connectivity index (χ1v) is 23.5. The maximum atomic E-state index is 13.8. The highest BCUT2D eigenvalue weighted by atomic mass is 32.2. The summed E-state index contributed by atoms with van der Waals surface area (Å²) in [4.78, 5) is 14.4. The minimum Gasteiger partial charge on any atom is -0.507 e. The maximum absolute atomic E-state index is 13.8. The molecule has 0 amide bonds. The third kappa shape index (κ3) is 8.53. The minimum absolute atomic E-state index is 0.0901. The van der Waals surface area contributed by atoms with Crippen LogP contribution >= 0.6 is 0 Å². The van der Waals surface area contributed by atoms with Crippen LogP contribution in [0.3, 0.4) is 0 Å². The number of anilines is 5. The number of aliphatic hydroxyl groups excluding tert-OH is 3. The van der Waals surface area contributed by atoms with Gasteiger partial charge in [0.1, 0.15) is 28.8 Å². The van der Waals surface area contributed by atoms with Gasteiger partial charge in [-0.15, -0.1) is 0 Å². The molecule has 0 aliphatic heterocycles. The number of nitrogens with zero attached hydrogens (tertiary/aromatic N) is 2. The topological polar surface area (TPSA) is 342 Å². The van der Waals surface area contributed by atoms with Crippen LogP contribution in [0.5, 0.6) is 11.5 Å². The molecule has 0 spiro atoms. The number of ketones is 1. The highest BCUT2D eigenvalue weighted by Crippen LogP contribution is 2.50. The smallest absolute Gasteiger partial charge is 0.294 e. The van der Waals surface area contributed by atoms with E-state index in [4.69, 9.17) is 0 Å². The fraction of sp³-hybridized carbons (Fsp3) is 0.0250. The van der Waals surface area contributed by atoms with Gasteiger partial charge in [-0.2, -0.15) is 33.7 Å². The van der Waals surface area contributed by atoms with Crippen molar-refractivity contribution < 1.29 is 82.2 Å². The lowest BCUT2D eigenvalue weighted by Crippen LogP contribution is -2.32. The molecule has 0 saturated heterocycles. The van der Waals surface area contributed by atoms with Gasteiger partial charge in [0.15, 0.2) is 0 Å². The number of benzene rings is 5. The molecular formula is C40H30N2O18S4. The molecule has 0 bridgehead atoms. The normalized spacial score (nSPS) is 15.9. The second kappa shape index (κ2) is 16.0. The van der Waals surface area contributed by atoms with Crippen molar-refractivity contribution in [3.05, 3.63) is 155 Å². The molecule has 0 aromatic heterocycles. The van der Waals surface area contributed by atoms with E-state index in [9.17, 15) is 82.2 Å². The number of carbonyl (C=O) groups is 1. The van der Waals surface area contributed by atoms with Crippen molar-refractivity contribution >= 4 is 80.3 Å². The van der Waals surface area contributed by atoms with Crippen molar-refractivity contribution in [1.29, 1.82) is 0 Å². The molecule has 5 aromatic carbocycles. The van der Waals surface area contributed by atoms with E-state index < -0.39 is 123 Å². The average molecular weight is 955 g/mol. The molecule has 0 unspecified atom stereocenters. The zero-order valence-electron chi connectivity index (χ0n) is 31.9. The van der Waals surface area contributed by atoms with Crippen molar-refractivity contribution in [1.82, 2.24) is 0 Å². The number of allylic oxidation sites excluding steroid dienone is 2. The predicted octanol–water partition coefficient (Wildman–Crippen LogP) is 5.81. The number of rotatable bonds is 11. The number of carbonyl (C=O) groups excluding carboxylic acids is 1. The van der Waals surface area contributed by atoms with Crippen LogP contribution in [-0.2, 0) is 45.3 Å². The van der Waals surface area contributed by atoms with Gasteiger partial charge < -0.3 is 35.3 Å². The molecule has 0 fully saturated rings. The number of hydrogen-bond donors (Lipinski definition) is 9. The predicted molar refractivity (Wildman–Crippen MR) is 226 cm³/mol. The molecule has 332 valence electrons. The van der Waals surface area contributed by atoms with Gasteiger partial charge in [0.2, 0.25) is 5.78 Å².